The van der Waals surface area contributed by atoms with Crippen molar-refractivity contribution in [2.75, 3.05) is 0 Å². The van der Waals surface area contributed by atoms with Gasteiger partial charge in [-0.05, 0) is 16.4 Å². The van der Waals surface area contributed by atoms with Gasteiger partial charge in [-0.25, -0.2) is 0 Å². The van der Waals surface area contributed by atoms with Crippen LogP contribution in [0.4, 0.5) is 0 Å². The lowest BCUT2D eigenvalue weighted by molar-refractivity contribution is -0.121. The van der Waals surface area contributed by atoms with Crippen molar-refractivity contribution in [3.63, 3.8) is 0 Å². The summed E-state index contributed by atoms with van der Waals surface area (Å²) in [6.07, 6.45) is 4.02. The lowest BCUT2D eigenvalue weighted by Gasteiger charge is -2.17. The van der Waals surface area contributed by atoms with Gasteiger partial charge in [-0.3, -0.25) is 9.78 Å². The van der Waals surface area contributed by atoms with Crippen LogP contribution in [0.2, 0.25) is 0 Å². The first-order valence-electron chi connectivity index (χ1n) is 3.75. The Labute approximate surface area is 72.8 Å². The van der Waals surface area contributed by atoms with E-state index in [0.717, 1.165) is 10.9 Å². The number of carbonyl (C=O) groups excluding carboxylic acids is 1. The highest BCUT2D eigenvalue weighted by molar-refractivity contribution is 7.27. The number of pyridine rings is 1. The summed E-state index contributed by atoms with van der Waals surface area (Å²) in [5.41, 5.74) is 2.24. The van der Waals surface area contributed by atoms with Gasteiger partial charge in [0.2, 0.25) is 5.91 Å². The van der Waals surface area contributed by atoms with E-state index in [0.29, 0.717) is 13.0 Å². The zero-order valence-corrected chi connectivity index (χ0v) is 7.66. The van der Waals surface area contributed by atoms with Crippen LogP contribution in [-0.4, -0.2) is 10.9 Å². The average molecular weight is 180 g/mol. The fourth-order valence-electron chi connectivity index (χ4n) is 1.34. The SMILES string of the molecule is O=C1Cc2cncc(P)c2CN1. The number of aromatic nitrogens is 1. The molecule has 0 bridgehead atoms. The van der Waals surface area contributed by atoms with Crippen LogP contribution in [0.15, 0.2) is 12.4 Å². The van der Waals surface area contributed by atoms with Gasteiger partial charge in [-0.2, -0.15) is 0 Å². The third-order valence-corrected chi connectivity index (χ3v) is 2.49. The quantitative estimate of drug-likeness (QED) is 0.559. The van der Waals surface area contributed by atoms with Crippen molar-refractivity contribution in [1.82, 2.24) is 10.3 Å². The maximum Gasteiger partial charge on any atom is 0.224 e. The summed E-state index contributed by atoms with van der Waals surface area (Å²) in [6, 6.07) is 0. The van der Waals surface area contributed by atoms with E-state index in [-0.39, 0.29) is 5.91 Å². The van der Waals surface area contributed by atoms with Gasteiger partial charge in [0, 0.05) is 18.9 Å². The van der Waals surface area contributed by atoms with Crippen molar-refractivity contribution in [3.8, 4) is 0 Å². The van der Waals surface area contributed by atoms with E-state index in [1.807, 2.05) is 0 Å². The fourth-order valence-corrected chi connectivity index (χ4v) is 1.71. The van der Waals surface area contributed by atoms with Crippen molar-refractivity contribution in [2.24, 2.45) is 0 Å². The minimum atomic E-state index is 0.0832. The second-order valence-corrected chi connectivity index (χ2v) is 3.44. The number of hydrogen-bond acceptors (Lipinski definition) is 2. The molecule has 0 aromatic carbocycles. The first-order valence-corrected chi connectivity index (χ1v) is 4.33. The minimum Gasteiger partial charge on any atom is -0.352 e. The van der Waals surface area contributed by atoms with Crippen molar-refractivity contribution in [1.29, 1.82) is 0 Å². The van der Waals surface area contributed by atoms with Gasteiger partial charge in [-0.15, -0.1) is 9.24 Å². The largest absolute Gasteiger partial charge is 0.352 e. The maximum atomic E-state index is 11.0. The topological polar surface area (TPSA) is 42.0 Å². The van der Waals surface area contributed by atoms with Crippen LogP contribution in [0.25, 0.3) is 0 Å². The van der Waals surface area contributed by atoms with Crippen LogP contribution in [-0.2, 0) is 17.8 Å². The summed E-state index contributed by atoms with van der Waals surface area (Å²) in [7, 11) is 2.63. The van der Waals surface area contributed by atoms with Crippen molar-refractivity contribution in [2.45, 2.75) is 13.0 Å². The average Bonchev–Trinajstić information content (AvgIpc) is 2.04. The van der Waals surface area contributed by atoms with Gasteiger partial charge in [0.1, 0.15) is 0 Å². The molecule has 3 nitrogen and oxygen atoms in total. The summed E-state index contributed by atoms with van der Waals surface area (Å²) < 4.78 is 0. The molecule has 1 amide bonds. The second kappa shape index (κ2) is 2.83. The molecule has 2 rings (SSSR count). The molecule has 0 spiro atoms. The predicted octanol–water partition coefficient (Wildman–Crippen LogP) is -0.246. The van der Waals surface area contributed by atoms with Gasteiger partial charge in [0.05, 0.1) is 6.42 Å². The Morgan fingerprint density at radius 2 is 2.33 bits per heavy atom. The maximum absolute atomic E-state index is 11.0. The van der Waals surface area contributed by atoms with E-state index in [2.05, 4.69) is 19.5 Å². The number of fused-ring (bicyclic) bond motifs is 1. The fraction of sp³-hybridized carbons (Fsp3) is 0.250. The molecule has 1 aromatic rings. The smallest absolute Gasteiger partial charge is 0.224 e. The molecular weight excluding hydrogens is 171 g/mol. The summed E-state index contributed by atoms with van der Waals surface area (Å²) in [4.78, 5) is 15.0. The Kier molecular flexibility index (Phi) is 1.81. The Balaban J connectivity index is 2.48. The molecule has 0 radical (unpaired) electrons. The minimum absolute atomic E-state index is 0.0832. The van der Waals surface area contributed by atoms with Crippen molar-refractivity contribution < 1.29 is 4.79 Å². The van der Waals surface area contributed by atoms with E-state index in [1.165, 1.54) is 5.56 Å². The van der Waals surface area contributed by atoms with Crippen LogP contribution >= 0.6 is 9.24 Å². The van der Waals surface area contributed by atoms with Crippen LogP contribution in [0.3, 0.4) is 0 Å². The zero-order chi connectivity index (χ0) is 8.55. The van der Waals surface area contributed by atoms with Crippen LogP contribution in [0, 0.1) is 0 Å². The number of hydrogen-bond donors (Lipinski definition) is 1. The molecule has 1 N–H and O–H groups in total. The van der Waals surface area contributed by atoms with E-state index in [4.69, 9.17) is 0 Å². The highest BCUT2D eigenvalue weighted by Gasteiger charge is 2.15. The Morgan fingerprint density at radius 1 is 1.50 bits per heavy atom. The Hall–Kier alpha value is -0.950. The molecule has 62 valence electrons. The highest BCUT2D eigenvalue weighted by Crippen LogP contribution is 2.11. The normalized spacial score (nSPS) is 15.2. The van der Waals surface area contributed by atoms with Crippen LogP contribution in [0.1, 0.15) is 11.1 Å². The molecule has 2 heterocycles. The summed E-state index contributed by atoms with van der Waals surface area (Å²) >= 11 is 0. The van der Waals surface area contributed by atoms with Crippen molar-refractivity contribution in [3.05, 3.63) is 23.5 Å². The lowest BCUT2D eigenvalue weighted by atomic mass is 10.0. The Bertz CT molecular complexity index is 338. The standard InChI is InChI=1S/C8H9N2OP/c11-8-1-5-2-9-4-7(12)6(5)3-10-8/h2,4H,1,3,12H2,(H,10,11). The molecule has 1 aliphatic rings. The van der Waals surface area contributed by atoms with E-state index < -0.39 is 0 Å². The predicted molar refractivity (Wildman–Crippen MR) is 49.1 cm³/mol. The lowest BCUT2D eigenvalue weighted by Crippen LogP contribution is -2.32. The van der Waals surface area contributed by atoms with Gasteiger partial charge in [0.15, 0.2) is 0 Å². The number of nitrogens with zero attached hydrogens (tertiary/aromatic N) is 1. The van der Waals surface area contributed by atoms with E-state index >= 15 is 0 Å². The van der Waals surface area contributed by atoms with Gasteiger partial charge in [0.25, 0.3) is 0 Å². The molecule has 1 atom stereocenters. The molecule has 1 unspecified atom stereocenters. The van der Waals surface area contributed by atoms with Crippen molar-refractivity contribution >= 4 is 20.5 Å². The first-order chi connectivity index (χ1) is 5.77. The van der Waals surface area contributed by atoms with E-state index in [1.54, 1.807) is 12.4 Å². The van der Waals surface area contributed by atoms with Gasteiger partial charge < -0.3 is 5.32 Å². The second-order valence-electron chi connectivity index (χ2n) is 2.82. The molecule has 12 heavy (non-hydrogen) atoms. The molecule has 0 saturated heterocycles. The molecule has 0 aliphatic carbocycles. The number of rotatable bonds is 0. The molecule has 0 fully saturated rings. The number of nitrogens with one attached hydrogen (secondary N) is 1. The highest BCUT2D eigenvalue weighted by atomic mass is 31.0. The monoisotopic (exact) mass is 180 g/mol. The first kappa shape index (κ1) is 7.69. The number of amides is 1. The van der Waals surface area contributed by atoms with Gasteiger partial charge in [-0.1, -0.05) is 0 Å². The Morgan fingerprint density at radius 3 is 3.17 bits per heavy atom. The third kappa shape index (κ3) is 1.21. The molecule has 0 saturated carbocycles. The summed E-state index contributed by atoms with van der Waals surface area (Å²) in [5, 5.41) is 3.88. The third-order valence-electron chi connectivity index (χ3n) is 1.99. The van der Waals surface area contributed by atoms with E-state index in [9.17, 15) is 4.79 Å². The molecular formula is C8H9N2OP. The molecule has 1 aromatic heterocycles. The molecule has 1 aliphatic heterocycles. The summed E-state index contributed by atoms with van der Waals surface area (Å²) in [6.45, 7) is 0.634. The van der Waals surface area contributed by atoms with Crippen LogP contribution < -0.4 is 10.6 Å². The van der Waals surface area contributed by atoms with Gasteiger partial charge >= 0.3 is 0 Å². The molecule has 4 heteroatoms. The van der Waals surface area contributed by atoms with Crippen LogP contribution in [0.5, 0.6) is 0 Å². The zero-order valence-electron chi connectivity index (χ0n) is 6.50. The number of carbonyl (C=O) groups is 1. The summed E-state index contributed by atoms with van der Waals surface area (Å²) in [5.74, 6) is 0.0832.